The Morgan fingerprint density at radius 3 is 2.60 bits per heavy atom. The van der Waals surface area contributed by atoms with Crippen LogP contribution >= 0.6 is 0 Å². The average molecular weight is 203 g/mol. The third-order valence-corrected chi connectivity index (χ3v) is 2.41. The molecule has 0 amide bonds. The molecule has 0 saturated carbocycles. The highest BCUT2D eigenvalue weighted by atomic mass is 15.1. The van der Waals surface area contributed by atoms with Gasteiger partial charge >= 0.3 is 0 Å². The highest BCUT2D eigenvalue weighted by Crippen LogP contribution is 2.12. The molecular formula is C10H13N5. The first-order valence-corrected chi connectivity index (χ1v) is 4.73. The van der Waals surface area contributed by atoms with Crippen molar-refractivity contribution in [3.63, 3.8) is 0 Å². The van der Waals surface area contributed by atoms with Crippen molar-refractivity contribution in [1.29, 1.82) is 0 Å². The quantitative estimate of drug-likeness (QED) is 0.799. The summed E-state index contributed by atoms with van der Waals surface area (Å²) in [7, 11) is 1.83. The third-order valence-electron chi connectivity index (χ3n) is 2.41. The highest BCUT2D eigenvalue weighted by Gasteiger charge is 2.05. The number of aromatic nitrogens is 4. The molecule has 0 aliphatic carbocycles. The summed E-state index contributed by atoms with van der Waals surface area (Å²) in [6.45, 7) is 4.00. The van der Waals surface area contributed by atoms with E-state index >= 15 is 0 Å². The van der Waals surface area contributed by atoms with Crippen LogP contribution in [0.25, 0.3) is 5.82 Å². The number of anilines is 1. The molecule has 2 heterocycles. The Labute approximate surface area is 88.2 Å². The van der Waals surface area contributed by atoms with E-state index in [1.165, 1.54) is 6.33 Å². The summed E-state index contributed by atoms with van der Waals surface area (Å²) in [6.07, 6.45) is 3.31. The molecule has 5 heteroatoms. The Bertz CT molecular complexity index is 474. The van der Waals surface area contributed by atoms with Crippen LogP contribution in [0.1, 0.15) is 11.4 Å². The Balaban J connectivity index is 2.49. The molecule has 15 heavy (non-hydrogen) atoms. The number of nitrogens with one attached hydrogen (secondary N) is 1. The van der Waals surface area contributed by atoms with Gasteiger partial charge in [-0.3, -0.25) is 4.57 Å². The van der Waals surface area contributed by atoms with E-state index in [2.05, 4.69) is 20.3 Å². The zero-order valence-corrected chi connectivity index (χ0v) is 9.02. The summed E-state index contributed by atoms with van der Waals surface area (Å²) in [6, 6.07) is 1.88. The summed E-state index contributed by atoms with van der Waals surface area (Å²) in [5, 5.41) is 2.98. The minimum absolute atomic E-state index is 0.797. The summed E-state index contributed by atoms with van der Waals surface area (Å²) in [5.74, 6) is 1.62. The van der Waals surface area contributed by atoms with Crippen molar-refractivity contribution in [3.8, 4) is 5.82 Å². The molecule has 0 atom stereocenters. The summed E-state index contributed by atoms with van der Waals surface area (Å²) in [5.41, 5.74) is 2.11. The van der Waals surface area contributed by atoms with E-state index in [0.717, 1.165) is 23.0 Å². The average Bonchev–Trinajstić information content (AvgIpc) is 2.60. The Kier molecular flexibility index (Phi) is 2.37. The monoisotopic (exact) mass is 203 g/mol. The van der Waals surface area contributed by atoms with Crippen molar-refractivity contribution in [3.05, 3.63) is 30.1 Å². The maximum absolute atomic E-state index is 4.23. The normalized spacial score (nSPS) is 10.3. The topological polar surface area (TPSA) is 55.6 Å². The Morgan fingerprint density at radius 1 is 1.20 bits per heavy atom. The second-order valence-electron chi connectivity index (χ2n) is 3.30. The van der Waals surface area contributed by atoms with Gasteiger partial charge in [0.2, 0.25) is 0 Å². The van der Waals surface area contributed by atoms with E-state index < -0.39 is 0 Å². The Morgan fingerprint density at radius 2 is 2.00 bits per heavy atom. The van der Waals surface area contributed by atoms with Gasteiger partial charge in [-0.05, 0) is 13.8 Å². The molecule has 0 spiro atoms. The fraction of sp³-hybridized carbons (Fsp3) is 0.300. The van der Waals surface area contributed by atoms with E-state index in [0.29, 0.717) is 0 Å². The van der Waals surface area contributed by atoms with Crippen LogP contribution in [0.4, 0.5) is 5.82 Å². The molecule has 0 unspecified atom stereocenters. The maximum atomic E-state index is 4.23. The summed E-state index contributed by atoms with van der Waals surface area (Å²) >= 11 is 0. The van der Waals surface area contributed by atoms with E-state index in [4.69, 9.17) is 0 Å². The van der Waals surface area contributed by atoms with E-state index in [1.807, 2.05) is 31.5 Å². The third kappa shape index (κ3) is 1.68. The predicted molar refractivity (Wildman–Crippen MR) is 58.2 cm³/mol. The van der Waals surface area contributed by atoms with Gasteiger partial charge in [0, 0.05) is 18.8 Å². The van der Waals surface area contributed by atoms with Crippen LogP contribution in [0.2, 0.25) is 0 Å². The van der Waals surface area contributed by atoms with Crippen LogP contribution < -0.4 is 5.32 Å². The molecule has 0 aliphatic heterocycles. The molecule has 0 bridgehead atoms. The molecule has 2 aromatic rings. The van der Waals surface area contributed by atoms with E-state index in [-0.39, 0.29) is 0 Å². The predicted octanol–water partition coefficient (Wildman–Crippen LogP) is 1.32. The van der Waals surface area contributed by atoms with Gasteiger partial charge in [-0.15, -0.1) is 0 Å². The molecule has 78 valence electrons. The first-order chi connectivity index (χ1) is 7.22. The standard InChI is InChI=1S/C10H13N5/c1-7-8(2)15(6-14-7)10-4-9(11-3)12-5-13-10/h4-6H,1-3H3,(H,11,12,13). The molecule has 0 aromatic carbocycles. The van der Waals surface area contributed by atoms with Crippen LogP contribution in [0.3, 0.4) is 0 Å². The lowest BCUT2D eigenvalue weighted by Gasteiger charge is -2.05. The summed E-state index contributed by atoms with van der Waals surface area (Å²) in [4.78, 5) is 12.5. The van der Waals surface area contributed by atoms with Crippen LogP contribution in [0.15, 0.2) is 18.7 Å². The van der Waals surface area contributed by atoms with Crippen molar-refractivity contribution in [2.75, 3.05) is 12.4 Å². The fourth-order valence-electron chi connectivity index (χ4n) is 1.35. The molecule has 1 N–H and O–H groups in total. The molecule has 5 nitrogen and oxygen atoms in total. The second kappa shape index (κ2) is 3.68. The number of imidazole rings is 1. The molecule has 2 aromatic heterocycles. The van der Waals surface area contributed by atoms with Gasteiger partial charge in [-0.25, -0.2) is 15.0 Å². The zero-order valence-electron chi connectivity index (χ0n) is 9.02. The first kappa shape index (κ1) is 9.64. The summed E-state index contributed by atoms with van der Waals surface area (Å²) < 4.78 is 1.94. The molecule has 0 saturated heterocycles. The highest BCUT2D eigenvalue weighted by molar-refractivity contribution is 5.40. The largest absolute Gasteiger partial charge is 0.373 e. The van der Waals surface area contributed by atoms with Crippen LogP contribution in [-0.2, 0) is 0 Å². The SMILES string of the molecule is CNc1cc(-n2cnc(C)c2C)ncn1. The smallest absolute Gasteiger partial charge is 0.143 e. The minimum Gasteiger partial charge on any atom is -0.373 e. The van der Waals surface area contributed by atoms with Crippen molar-refractivity contribution < 1.29 is 0 Å². The van der Waals surface area contributed by atoms with Gasteiger partial charge in [-0.1, -0.05) is 0 Å². The van der Waals surface area contributed by atoms with Gasteiger partial charge in [0.25, 0.3) is 0 Å². The number of hydrogen-bond donors (Lipinski definition) is 1. The second-order valence-corrected chi connectivity index (χ2v) is 3.30. The van der Waals surface area contributed by atoms with Crippen LogP contribution in [0.5, 0.6) is 0 Å². The molecular weight excluding hydrogens is 190 g/mol. The number of hydrogen-bond acceptors (Lipinski definition) is 4. The first-order valence-electron chi connectivity index (χ1n) is 4.73. The van der Waals surface area contributed by atoms with Gasteiger partial charge < -0.3 is 5.32 Å². The lowest BCUT2D eigenvalue weighted by molar-refractivity contribution is 0.935. The van der Waals surface area contributed by atoms with Crippen molar-refractivity contribution in [2.24, 2.45) is 0 Å². The van der Waals surface area contributed by atoms with Gasteiger partial charge in [0.1, 0.15) is 24.3 Å². The fourth-order valence-corrected chi connectivity index (χ4v) is 1.35. The van der Waals surface area contributed by atoms with Gasteiger partial charge in [-0.2, -0.15) is 0 Å². The lowest BCUT2D eigenvalue weighted by atomic mass is 10.4. The van der Waals surface area contributed by atoms with Gasteiger partial charge in [0.15, 0.2) is 0 Å². The molecule has 0 aliphatic rings. The van der Waals surface area contributed by atoms with Crippen LogP contribution in [-0.4, -0.2) is 26.6 Å². The molecule has 0 radical (unpaired) electrons. The van der Waals surface area contributed by atoms with E-state index in [1.54, 1.807) is 6.33 Å². The Hall–Kier alpha value is -1.91. The molecule has 2 rings (SSSR count). The minimum atomic E-state index is 0.797. The zero-order chi connectivity index (χ0) is 10.8. The van der Waals surface area contributed by atoms with Crippen molar-refractivity contribution >= 4 is 5.82 Å². The maximum Gasteiger partial charge on any atom is 0.143 e. The van der Waals surface area contributed by atoms with Crippen molar-refractivity contribution in [1.82, 2.24) is 19.5 Å². The number of aryl methyl sites for hydroxylation is 1. The molecule has 0 fully saturated rings. The van der Waals surface area contributed by atoms with E-state index in [9.17, 15) is 0 Å². The van der Waals surface area contributed by atoms with Gasteiger partial charge in [0.05, 0.1) is 5.69 Å². The number of nitrogens with zero attached hydrogens (tertiary/aromatic N) is 4. The van der Waals surface area contributed by atoms with Crippen molar-refractivity contribution in [2.45, 2.75) is 13.8 Å². The van der Waals surface area contributed by atoms with Crippen LogP contribution in [0, 0.1) is 13.8 Å². The number of rotatable bonds is 2. The lowest BCUT2D eigenvalue weighted by Crippen LogP contribution is -2.01.